The van der Waals surface area contributed by atoms with E-state index in [1.807, 2.05) is 18.2 Å². The van der Waals surface area contributed by atoms with E-state index in [0.717, 1.165) is 10.9 Å². The molecule has 0 aliphatic carbocycles. The number of ketones is 1. The number of hydrogen-bond acceptors (Lipinski definition) is 6. The van der Waals surface area contributed by atoms with Gasteiger partial charge in [0.25, 0.3) is 0 Å². The van der Waals surface area contributed by atoms with Crippen LogP contribution < -0.4 is 19.6 Å². The van der Waals surface area contributed by atoms with Crippen molar-refractivity contribution in [3.8, 4) is 11.5 Å². The van der Waals surface area contributed by atoms with Gasteiger partial charge in [0.2, 0.25) is 11.7 Å². The van der Waals surface area contributed by atoms with Gasteiger partial charge in [0.15, 0.2) is 18.2 Å². The van der Waals surface area contributed by atoms with E-state index in [2.05, 4.69) is 4.98 Å². The quantitative estimate of drug-likeness (QED) is 0.385. The third-order valence-electron chi connectivity index (χ3n) is 6.03. The molecule has 2 aromatic heterocycles. The van der Waals surface area contributed by atoms with Crippen LogP contribution in [0.4, 0.5) is 0 Å². The van der Waals surface area contributed by atoms with Crippen LogP contribution in [0.1, 0.15) is 27.7 Å². The van der Waals surface area contributed by atoms with Crippen LogP contribution in [0.15, 0.2) is 88.8 Å². The van der Waals surface area contributed by atoms with E-state index in [0.29, 0.717) is 22.6 Å². The summed E-state index contributed by atoms with van der Waals surface area (Å²) in [4.78, 5) is 31.3. The number of carbonyl (C=O) groups excluding carboxylic acids is 2. The number of ether oxygens (including phenoxy) is 2. The van der Waals surface area contributed by atoms with E-state index in [1.54, 1.807) is 54.9 Å². The summed E-state index contributed by atoms with van der Waals surface area (Å²) in [6.07, 6.45) is 3.47. The highest BCUT2D eigenvalue weighted by molar-refractivity contribution is 6.15. The number of hydrogen-bond donors (Lipinski definition) is 0. The zero-order valence-corrected chi connectivity index (χ0v) is 19.1. The van der Waals surface area contributed by atoms with E-state index >= 15 is 0 Å². The van der Waals surface area contributed by atoms with Crippen LogP contribution in [0.5, 0.6) is 11.5 Å². The molecule has 1 atom stereocenters. The number of benzene rings is 2. The minimum atomic E-state index is -0.999. The molecule has 176 valence electrons. The number of carbonyl (C=O) groups is 2. The molecule has 0 saturated carbocycles. The molecule has 1 aliphatic heterocycles. The van der Waals surface area contributed by atoms with Gasteiger partial charge in [0.05, 0.1) is 26.8 Å². The second-order valence-electron chi connectivity index (χ2n) is 8.08. The smallest absolute Gasteiger partial charge is 0.240 e. The van der Waals surface area contributed by atoms with Crippen LogP contribution >= 0.6 is 0 Å². The van der Waals surface area contributed by atoms with Gasteiger partial charge in [-0.15, -0.1) is 0 Å². The molecule has 1 amide bonds. The monoisotopic (exact) mass is 470 g/mol. The van der Waals surface area contributed by atoms with Gasteiger partial charge < -0.3 is 23.9 Å². The Kier molecular flexibility index (Phi) is 5.70. The van der Waals surface area contributed by atoms with Crippen molar-refractivity contribution < 1.29 is 33.6 Å². The van der Waals surface area contributed by atoms with Crippen molar-refractivity contribution in [2.24, 2.45) is 0 Å². The summed E-state index contributed by atoms with van der Waals surface area (Å²) in [6, 6.07) is 16.4. The first-order valence-corrected chi connectivity index (χ1v) is 10.9. The van der Waals surface area contributed by atoms with E-state index < -0.39 is 23.5 Å². The molecule has 1 N–H and O–H groups in total. The molecule has 2 aromatic carbocycles. The predicted molar refractivity (Wildman–Crippen MR) is 123 cm³/mol. The summed E-state index contributed by atoms with van der Waals surface area (Å²) >= 11 is 0. The fraction of sp³-hybridized carbons (Fsp3) is 0.148. The number of para-hydroxylation sites is 1. The lowest BCUT2D eigenvalue weighted by Gasteiger charge is -2.28. The summed E-state index contributed by atoms with van der Waals surface area (Å²) in [5, 5.41) is 14.0. The van der Waals surface area contributed by atoms with Crippen molar-refractivity contribution in [2.75, 3.05) is 14.2 Å². The topological polar surface area (TPSA) is 106 Å². The standard InChI is InChI=1S/C27H22N2O6/c1-33-18-9-10-21(34-2)19(13-18)24-23(25(30)22-12-17-7-3-4-8-20(17)35-22)26(31)27(32)29(24)15-16-6-5-11-28-14-16/h3-14,24,31H,15H2,1-2H3. The molecule has 3 heterocycles. The molecule has 1 aliphatic rings. The maximum absolute atomic E-state index is 13.7. The molecular formula is C27H22N2O6. The van der Waals surface area contributed by atoms with E-state index in [9.17, 15) is 14.7 Å². The van der Waals surface area contributed by atoms with Crippen molar-refractivity contribution in [1.29, 1.82) is 0 Å². The molecule has 0 radical (unpaired) electrons. The number of aromatic amines is 1. The van der Waals surface area contributed by atoms with Crippen LogP contribution in [0.3, 0.4) is 0 Å². The lowest BCUT2D eigenvalue weighted by Crippen LogP contribution is -2.32. The van der Waals surface area contributed by atoms with E-state index in [-0.39, 0.29) is 17.9 Å². The summed E-state index contributed by atoms with van der Waals surface area (Å²) in [6.45, 7) is 0.101. The molecule has 8 heteroatoms. The van der Waals surface area contributed by atoms with Crippen LogP contribution in [-0.2, 0) is 11.3 Å². The number of methoxy groups -OCH3 is 2. The predicted octanol–water partition coefficient (Wildman–Crippen LogP) is 2.84. The van der Waals surface area contributed by atoms with Crippen LogP contribution in [-0.4, -0.2) is 30.8 Å². The molecule has 1 unspecified atom stereocenters. The first-order valence-electron chi connectivity index (χ1n) is 10.9. The number of furan rings is 1. The largest absolute Gasteiger partial charge is 0.868 e. The normalized spacial score (nSPS) is 15.7. The molecule has 5 rings (SSSR count). The fourth-order valence-corrected chi connectivity index (χ4v) is 4.36. The Bertz CT molecular complexity index is 1420. The molecular weight excluding hydrogens is 448 g/mol. The summed E-state index contributed by atoms with van der Waals surface area (Å²) in [7, 11) is 3.00. The second-order valence-corrected chi connectivity index (χ2v) is 8.08. The zero-order chi connectivity index (χ0) is 24.5. The zero-order valence-electron chi connectivity index (χ0n) is 19.1. The number of pyridine rings is 1. The first kappa shape index (κ1) is 22.2. The van der Waals surface area contributed by atoms with E-state index in [1.165, 1.54) is 19.1 Å². The fourth-order valence-electron chi connectivity index (χ4n) is 4.36. The van der Waals surface area contributed by atoms with Crippen molar-refractivity contribution in [2.45, 2.75) is 12.6 Å². The number of aromatic nitrogens is 1. The molecule has 0 saturated heterocycles. The Morgan fingerprint density at radius 1 is 1.09 bits per heavy atom. The molecule has 4 aromatic rings. The average molecular weight is 470 g/mol. The third kappa shape index (κ3) is 3.89. The number of H-pyrrole nitrogens is 1. The number of rotatable bonds is 7. The van der Waals surface area contributed by atoms with Crippen molar-refractivity contribution in [3.63, 3.8) is 0 Å². The van der Waals surface area contributed by atoms with Gasteiger partial charge in [-0.1, -0.05) is 18.2 Å². The maximum atomic E-state index is 13.7. The van der Waals surface area contributed by atoms with Crippen molar-refractivity contribution in [3.05, 3.63) is 101 Å². The number of nitrogens with one attached hydrogen (secondary N) is 1. The Balaban J connectivity index is 1.66. The first-order chi connectivity index (χ1) is 17.0. The highest BCUT2D eigenvalue weighted by Crippen LogP contribution is 2.44. The number of Topliss-reactive ketones (excluding diaryl/α,β-unsaturated/α-hetero) is 1. The number of amides is 1. The molecule has 0 fully saturated rings. The molecule has 35 heavy (non-hydrogen) atoms. The summed E-state index contributed by atoms with van der Waals surface area (Å²) in [5.74, 6) is -1.39. The maximum Gasteiger partial charge on any atom is 0.240 e. The van der Waals surface area contributed by atoms with Crippen molar-refractivity contribution in [1.82, 2.24) is 4.90 Å². The Hall–Kier alpha value is -4.59. The van der Waals surface area contributed by atoms with Gasteiger partial charge in [-0.2, -0.15) is 0 Å². The van der Waals surface area contributed by atoms with Crippen LogP contribution in [0.25, 0.3) is 11.0 Å². The number of fused-ring (bicyclic) bond motifs is 1. The summed E-state index contributed by atoms with van der Waals surface area (Å²) in [5.41, 5.74) is 1.55. The van der Waals surface area contributed by atoms with Gasteiger partial charge in [-0.3, -0.25) is 9.59 Å². The van der Waals surface area contributed by atoms with Gasteiger partial charge in [0.1, 0.15) is 17.1 Å². The molecule has 0 bridgehead atoms. The second kappa shape index (κ2) is 8.98. The van der Waals surface area contributed by atoms with Gasteiger partial charge in [0, 0.05) is 28.2 Å². The Morgan fingerprint density at radius 3 is 2.63 bits per heavy atom. The van der Waals surface area contributed by atoms with Gasteiger partial charge in [-0.25, -0.2) is 4.98 Å². The van der Waals surface area contributed by atoms with Crippen LogP contribution in [0, 0.1) is 0 Å². The van der Waals surface area contributed by atoms with Gasteiger partial charge >= 0.3 is 0 Å². The SMILES string of the molecule is COc1ccc(OC)c(C2C(C(=O)c3cc4ccccc4o3)=C([O-])C(=O)N2Cc2ccc[nH+]c2)c1. The van der Waals surface area contributed by atoms with Crippen molar-refractivity contribution >= 4 is 22.7 Å². The highest BCUT2D eigenvalue weighted by Gasteiger charge is 2.42. The minimum Gasteiger partial charge on any atom is -0.868 e. The Labute approximate surface area is 201 Å². The average Bonchev–Trinajstić information content (AvgIpc) is 3.43. The third-order valence-corrected chi connectivity index (χ3v) is 6.03. The summed E-state index contributed by atoms with van der Waals surface area (Å²) < 4.78 is 16.7. The van der Waals surface area contributed by atoms with Gasteiger partial charge in [-0.05, 0) is 42.2 Å². The highest BCUT2D eigenvalue weighted by atomic mass is 16.5. The lowest BCUT2D eigenvalue weighted by atomic mass is 9.93. The number of nitrogens with zero attached hydrogens (tertiary/aromatic N) is 1. The van der Waals surface area contributed by atoms with E-state index in [4.69, 9.17) is 13.9 Å². The lowest BCUT2D eigenvalue weighted by molar-refractivity contribution is -0.378. The molecule has 8 nitrogen and oxygen atoms in total. The van der Waals surface area contributed by atoms with Crippen LogP contribution in [0.2, 0.25) is 0 Å². The Morgan fingerprint density at radius 2 is 1.91 bits per heavy atom. The molecule has 0 spiro atoms. The minimum absolute atomic E-state index is 0.0101.